The van der Waals surface area contributed by atoms with E-state index in [2.05, 4.69) is 20.4 Å². The summed E-state index contributed by atoms with van der Waals surface area (Å²) in [7, 11) is -5.02. The van der Waals surface area contributed by atoms with Crippen LogP contribution in [-0.4, -0.2) is 35.1 Å². The summed E-state index contributed by atoms with van der Waals surface area (Å²) >= 11 is 0. The molecule has 4 aromatic rings. The van der Waals surface area contributed by atoms with Gasteiger partial charge >= 0.3 is 0 Å². The second-order valence-corrected chi connectivity index (χ2v) is 7.43. The Morgan fingerprint density at radius 3 is 2.87 bits per heavy atom. The zero-order valence-electron chi connectivity index (χ0n) is 33.2. The Morgan fingerprint density at radius 1 is 1.23 bits per heavy atom. The third kappa shape index (κ3) is 4.07. The van der Waals surface area contributed by atoms with Crippen molar-refractivity contribution in [1.82, 2.24) is 19.7 Å². The molecule has 4 rings (SSSR count). The number of hydrogen-bond donors (Lipinski definition) is 2. The molecule has 0 aliphatic rings. The molecule has 0 bridgehead atoms. The van der Waals surface area contributed by atoms with Gasteiger partial charge in [0.2, 0.25) is 16.0 Å². The first-order valence-electron chi connectivity index (χ1n) is 17.1. The van der Waals surface area contributed by atoms with E-state index in [4.69, 9.17) is 29.8 Å². The second kappa shape index (κ2) is 7.64. The number of hydrogen-bond acceptors (Lipinski definition) is 7. The molecular formula is C21H23N7O2S. The molecule has 0 aliphatic heterocycles. The van der Waals surface area contributed by atoms with Gasteiger partial charge in [0.15, 0.2) is 0 Å². The van der Waals surface area contributed by atoms with Crippen molar-refractivity contribution in [1.29, 1.82) is 0 Å². The molecule has 3 N–H and O–H groups in total. The Hall–Kier alpha value is -3.50. The van der Waals surface area contributed by atoms with Crippen LogP contribution in [0.5, 0.6) is 0 Å². The van der Waals surface area contributed by atoms with Gasteiger partial charge in [-0.15, -0.1) is 0 Å². The van der Waals surface area contributed by atoms with Crippen molar-refractivity contribution in [2.24, 2.45) is 12.1 Å². The molecule has 9 nitrogen and oxygen atoms in total. The minimum absolute atomic E-state index is 0.210. The molecule has 31 heavy (non-hydrogen) atoms. The molecule has 0 fully saturated rings. The van der Waals surface area contributed by atoms with E-state index in [-0.39, 0.29) is 15.0 Å². The van der Waals surface area contributed by atoms with Crippen LogP contribution in [0.25, 0.3) is 10.9 Å². The number of rotatable bonds is 5. The summed E-state index contributed by atoms with van der Waals surface area (Å²) < 4.78 is 169. The van der Waals surface area contributed by atoms with Gasteiger partial charge in [-0.1, -0.05) is 6.04 Å². The van der Waals surface area contributed by atoms with Gasteiger partial charge in [-0.3, -0.25) is 4.68 Å². The molecule has 0 radical (unpaired) electrons. The van der Waals surface area contributed by atoms with Gasteiger partial charge < -0.3 is 10.2 Å². The molecular weight excluding hydrogens is 414 g/mol. The number of primary sulfonamides is 1. The number of sulfonamides is 1. The highest BCUT2D eigenvalue weighted by atomic mass is 32.2. The van der Waals surface area contributed by atoms with E-state index >= 15 is 0 Å². The van der Waals surface area contributed by atoms with Gasteiger partial charge in [0.1, 0.15) is 5.82 Å². The molecule has 160 valence electrons. The number of fused-ring (bicyclic) bond motifs is 1. The largest absolute Gasteiger partial charge is 0.329 e. The minimum atomic E-state index is -5.02. The maximum Gasteiger partial charge on any atom is 0.238 e. The number of nitrogens with one attached hydrogen (secondary N) is 1. The van der Waals surface area contributed by atoms with Crippen LogP contribution < -0.4 is 15.4 Å². The molecule has 0 amide bonds. The van der Waals surface area contributed by atoms with Gasteiger partial charge in [0.25, 0.3) is 0 Å². The monoisotopic (exact) mass is 455 g/mol. The predicted molar refractivity (Wildman–Crippen MR) is 121 cm³/mol. The Bertz CT molecular complexity index is 2100. The standard InChI is InChI=1S/C21H23N7O2S/c1-13-5-6-15(11-19(13)31(22,29)30)24-21-23-10-9-20(25-21)27(3)16-7-8-17-14(2)28(4)26-18(17)12-16/h5-12H,1-4H3,(H2,22,29,30)(H,23,24,25)/i1D3,2D3,3D3,4D3,5D,6D,9D,10D,11D,12D. The van der Waals surface area contributed by atoms with Crippen molar-refractivity contribution in [3.05, 3.63) is 59.8 Å². The van der Waals surface area contributed by atoms with Gasteiger partial charge in [0, 0.05) is 59.0 Å². The van der Waals surface area contributed by atoms with Crippen molar-refractivity contribution in [2.45, 2.75) is 18.6 Å². The Kier molecular flexibility index (Phi) is 2.02. The topological polar surface area (TPSA) is 119 Å². The van der Waals surface area contributed by atoms with Crippen molar-refractivity contribution in [3.63, 3.8) is 0 Å². The van der Waals surface area contributed by atoms with Crippen LogP contribution in [0.1, 0.15) is 35.9 Å². The Labute approximate surface area is 205 Å². The van der Waals surface area contributed by atoms with Crippen LogP contribution in [0.3, 0.4) is 0 Å². The van der Waals surface area contributed by atoms with Crippen molar-refractivity contribution >= 4 is 44.1 Å². The number of anilines is 4. The third-order valence-electron chi connectivity index (χ3n) is 3.87. The van der Waals surface area contributed by atoms with Crippen LogP contribution >= 0.6 is 0 Å². The molecule has 2 aromatic carbocycles. The molecule has 0 unspecified atom stereocenters. The fraction of sp³-hybridized carbons (Fsp3) is 0.190. The van der Waals surface area contributed by atoms with Crippen molar-refractivity contribution < 1.29 is 33.1 Å². The van der Waals surface area contributed by atoms with Crippen LogP contribution in [0.4, 0.5) is 23.1 Å². The molecule has 0 atom stereocenters. The Morgan fingerprint density at radius 2 is 2.13 bits per heavy atom. The van der Waals surface area contributed by atoms with Gasteiger partial charge in [-0.25, -0.2) is 18.5 Å². The summed E-state index contributed by atoms with van der Waals surface area (Å²) in [6.07, 6.45) is -0.985. The number of aryl methyl sites for hydroxylation is 2. The number of nitrogens with two attached hydrogens (primary N) is 1. The van der Waals surface area contributed by atoms with E-state index in [0.29, 0.717) is 0 Å². The Balaban J connectivity index is 2.00. The van der Waals surface area contributed by atoms with E-state index in [9.17, 15) is 8.42 Å². The highest BCUT2D eigenvalue weighted by molar-refractivity contribution is 7.89. The lowest BCUT2D eigenvalue weighted by Crippen LogP contribution is -2.14. The summed E-state index contributed by atoms with van der Waals surface area (Å²) in [5, 5.41) is 10.8. The molecule has 10 heteroatoms. The fourth-order valence-electron chi connectivity index (χ4n) is 2.47. The van der Waals surface area contributed by atoms with Gasteiger partial charge in [-0.05, 0) is 55.6 Å². The first kappa shape index (κ1) is 8.21. The first-order valence-corrected chi connectivity index (χ1v) is 9.67. The minimum Gasteiger partial charge on any atom is -0.329 e. The fourth-order valence-corrected chi connectivity index (χ4v) is 3.05. The van der Waals surface area contributed by atoms with Crippen LogP contribution in [0, 0.1) is 13.7 Å². The number of benzene rings is 2. The summed E-state index contributed by atoms with van der Waals surface area (Å²) in [5.41, 5.74) is -4.04. The molecule has 0 saturated heterocycles. The summed E-state index contributed by atoms with van der Waals surface area (Å²) in [6.45, 7) is -12.8. The van der Waals surface area contributed by atoms with Crippen molar-refractivity contribution in [3.8, 4) is 0 Å². The van der Waals surface area contributed by atoms with E-state index < -0.39 is 119 Å². The maximum atomic E-state index is 12.3. The summed E-state index contributed by atoms with van der Waals surface area (Å²) in [5.74, 6) is -1.77. The third-order valence-corrected chi connectivity index (χ3v) is 4.75. The smallest absolute Gasteiger partial charge is 0.238 e. The van der Waals surface area contributed by atoms with E-state index in [1.54, 1.807) is 0 Å². The summed E-state index contributed by atoms with van der Waals surface area (Å²) in [4.78, 5) is 6.50. The first-order chi connectivity index (χ1) is 22.0. The predicted octanol–water partition coefficient (Wildman–Crippen LogP) is 3.14. The maximum absolute atomic E-state index is 12.3. The van der Waals surface area contributed by atoms with E-state index in [0.717, 1.165) is 12.1 Å². The lowest BCUT2D eigenvalue weighted by Gasteiger charge is -2.19. The van der Waals surface area contributed by atoms with Crippen molar-refractivity contribution in [2.75, 3.05) is 17.2 Å². The number of aromatic nitrogens is 4. The summed E-state index contributed by atoms with van der Waals surface area (Å²) in [6, 6.07) is -3.27. The average Bonchev–Trinajstić information content (AvgIpc) is 3.32. The number of nitrogens with zero attached hydrogens (tertiary/aromatic N) is 5. The quantitative estimate of drug-likeness (QED) is 0.474. The van der Waals surface area contributed by atoms with Gasteiger partial charge in [0.05, 0.1) is 18.6 Å². The second-order valence-electron chi connectivity index (χ2n) is 5.93. The molecule has 2 aromatic heterocycles. The lowest BCUT2D eigenvalue weighted by molar-refractivity contribution is 0.597. The van der Waals surface area contributed by atoms with Gasteiger partial charge in [-0.2, -0.15) is 10.1 Å². The van der Waals surface area contributed by atoms with Crippen LogP contribution in [0.2, 0.25) is 0 Å². The zero-order valence-corrected chi connectivity index (χ0v) is 16.0. The molecule has 0 saturated carbocycles. The van der Waals surface area contributed by atoms with E-state index in [1.807, 2.05) is 0 Å². The highest BCUT2D eigenvalue weighted by Gasteiger charge is 2.14. The SMILES string of the molecule is [2H]c1nc(Nc2c([2H])c([2H])c(C([2H])([2H])[2H])c(S(N)(=O)=O)c2[2H])nc(N(c2ccc3c(C([2H])([2H])[2H])n(C([2H])([2H])[2H])nc3c2[2H])C([2H])([2H])[2H])c1[2H]. The zero-order chi connectivity index (χ0) is 37.6. The molecule has 0 aliphatic carbocycles. The highest BCUT2D eigenvalue weighted by Crippen LogP contribution is 2.28. The molecule has 0 spiro atoms. The lowest BCUT2D eigenvalue weighted by atomic mass is 10.2. The molecule has 2 heterocycles. The van der Waals surface area contributed by atoms with Crippen LogP contribution in [-0.2, 0) is 17.0 Å². The van der Waals surface area contributed by atoms with E-state index in [1.165, 1.54) is 0 Å². The average molecular weight is 456 g/mol. The van der Waals surface area contributed by atoms with Crippen LogP contribution in [0.15, 0.2) is 53.4 Å². The normalized spacial score (nSPS) is 21.7.